The molecule has 0 saturated carbocycles. The average Bonchev–Trinajstić information content (AvgIpc) is 3.04. The lowest BCUT2D eigenvalue weighted by atomic mass is 10.2. The fourth-order valence-electron chi connectivity index (χ4n) is 1.99. The van der Waals surface area contributed by atoms with E-state index in [9.17, 15) is 4.79 Å². The largest absolute Gasteiger partial charge is 0.496 e. The molecule has 0 atom stereocenters. The first-order valence-corrected chi connectivity index (χ1v) is 7.95. The Hall–Kier alpha value is -2.44. The van der Waals surface area contributed by atoms with Crippen molar-refractivity contribution >= 4 is 34.0 Å². The van der Waals surface area contributed by atoms with Gasteiger partial charge in [-0.25, -0.2) is 4.98 Å². The Kier molecular flexibility index (Phi) is 4.55. The van der Waals surface area contributed by atoms with Gasteiger partial charge >= 0.3 is 0 Å². The highest BCUT2D eigenvalue weighted by molar-refractivity contribution is 7.14. The van der Waals surface area contributed by atoms with Gasteiger partial charge in [0.1, 0.15) is 11.4 Å². The van der Waals surface area contributed by atoms with Gasteiger partial charge < -0.3 is 4.74 Å². The van der Waals surface area contributed by atoms with E-state index in [1.54, 1.807) is 24.4 Å². The molecule has 0 aliphatic carbocycles. The molecule has 2 heterocycles. The third kappa shape index (κ3) is 3.49. The number of hydrogen-bond donors (Lipinski definition) is 1. The van der Waals surface area contributed by atoms with Crippen molar-refractivity contribution in [1.29, 1.82) is 0 Å². The van der Waals surface area contributed by atoms with Crippen molar-refractivity contribution in [3.63, 3.8) is 0 Å². The first kappa shape index (κ1) is 15.5. The fourth-order valence-corrected chi connectivity index (χ4v) is 2.86. The molecule has 1 N–H and O–H groups in total. The predicted octanol–water partition coefficient (Wildman–Crippen LogP) is 4.12. The summed E-state index contributed by atoms with van der Waals surface area (Å²) in [5, 5.41) is 5.54. The lowest BCUT2D eigenvalue weighted by Crippen LogP contribution is -2.13. The summed E-state index contributed by atoms with van der Waals surface area (Å²) in [4.78, 5) is 21.0. The van der Waals surface area contributed by atoms with Crippen LogP contribution < -0.4 is 10.1 Å². The maximum absolute atomic E-state index is 12.4. The molecule has 7 heteroatoms. The van der Waals surface area contributed by atoms with Gasteiger partial charge in [0.25, 0.3) is 5.91 Å². The number of amides is 1. The molecule has 1 amide bonds. The Balaban J connectivity index is 1.82. The number of hydrogen-bond acceptors (Lipinski definition) is 5. The molecule has 0 aliphatic heterocycles. The molecule has 0 spiro atoms. The molecular weight excluding hydrogens is 334 g/mol. The van der Waals surface area contributed by atoms with Crippen LogP contribution in [-0.4, -0.2) is 23.0 Å². The molecule has 0 saturated heterocycles. The molecule has 2 aromatic heterocycles. The Morgan fingerprint density at radius 1 is 1.26 bits per heavy atom. The first-order valence-electron chi connectivity index (χ1n) is 6.69. The summed E-state index contributed by atoms with van der Waals surface area (Å²) in [6.07, 6.45) is 1.70. The van der Waals surface area contributed by atoms with Crippen LogP contribution in [0.1, 0.15) is 10.4 Å². The van der Waals surface area contributed by atoms with Crippen LogP contribution in [-0.2, 0) is 0 Å². The molecule has 0 bridgehead atoms. The molecule has 0 radical (unpaired) electrons. The minimum absolute atomic E-state index is 0.328. The highest BCUT2D eigenvalue weighted by Gasteiger charge is 2.15. The van der Waals surface area contributed by atoms with Gasteiger partial charge in [-0.3, -0.25) is 15.1 Å². The number of nitrogens with zero attached hydrogens (tertiary/aromatic N) is 2. The molecule has 23 heavy (non-hydrogen) atoms. The number of methoxy groups -OCH3 is 1. The van der Waals surface area contributed by atoms with Crippen molar-refractivity contribution in [1.82, 2.24) is 9.97 Å². The van der Waals surface area contributed by atoms with Gasteiger partial charge in [0.05, 0.1) is 18.4 Å². The minimum atomic E-state index is -0.328. The quantitative estimate of drug-likeness (QED) is 0.772. The average molecular weight is 346 g/mol. The van der Waals surface area contributed by atoms with E-state index in [0.29, 0.717) is 27.2 Å². The summed E-state index contributed by atoms with van der Waals surface area (Å²) in [7, 11) is 1.50. The van der Waals surface area contributed by atoms with Crippen molar-refractivity contribution in [2.75, 3.05) is 12.4 Å². The first-order chi connectivity index (χ1) is 11.2. The van der Waals surface area contributed by atoms with Gasteiger partial charge in [-0.1, -0.05) is 17.7 Å². The van der Waals surface area contributed by atoms with Gasteiger partial charge in [0, 0.05) is 16.6 Å². The Bertz CT molecular complexity index is 836. The minimum Gasteiger partial charge on any atom is -0.496 e. The van der Waals surface area contributed by atoms with E-state index < -0.39 is 0 Å². The van der Waals surface area contributed by atoms with Crippen molar-refractivity contribution in [3.8, 4) is 17.1 Å². The molecular formula is C16H12ClN3O2S. The topological polar surface area (TPSA) is 64.1 Å². The maximum atomic E-state index is 12.4. The highest BCUT2D eigenvalue weighted by atomic mass is 35.5. The van der Waals surface area contributed by atoms with Crippen molar-refractivity contribution in [2.24, 2.45) is 0 Å². The molecule has 0 aliphatic rings. The number of halogens is 1. The number of carbonyl (C=O) groups is 1. The van der Waals surface area contributed by atoms with Crippen molar-refractivity contribution < 1.29 is 9.53 Å². The summed E-state index contributed by atoms with van der Waals surface area (Å²) in [6.45, 7) is 0. The number of nitrogens with one attached hydrogen (secondary N) is 1. The van der Waals surface area contributed by atoms with Gasteiger partial charge in [-0.05, 0) is 30.3 Å². The molecule has 0 fully saturated rings. The normalized spacial score (nSPS) is 10.3. The zero-order chi connectivity index (χ0) is 16.2. The monoisotopic (exact) mass is 345 g/mol. The number of pyridine rings is 1. The number of benzene rings is 1. The summed E-state index contributed by atoms with van der Waals surface area (Å²) in [6, 6.07) is 10.5. The standard InChI is InChI=1S/C16H12ClN3O2S/c1-22-14-6-5-10(17)8-11(14)15(21)20-16-19-13(9-23-16)12-4-2-3-7-18-12/h2-9H,1H3,(H,19,20,21). The molecule has 0 unspecified atom stereocenters. The lowest BCUT2D eigenvalue weighted by molar-refractivity contribution is 0.102. The fraction of sp³-hybridized carbons (Fsp3) is 0.0625. The van der Waals surface area contributed by atoms with Gasteiger partial charge in [-0.2, -0.15) is 0 Å². The third-order valence-corrected chi connectivity index (χ3v) is 4.05. The Labute approximate surface area is 141 Å². The van der Waals surface area contributed by atoms with E-state index in [-0.39, 0.29) is 5.91 Å². The van der Waals surface area contributed by atoms with Crippen molar-refractivity contribution in [3.05, 3.63) is 58.6 Å². The van der Waals surface area contributed by atoms with Gasteiger partial charge in [-0.15, -0.1) is 11.3 Å². The summed E-state index contributed by atoms with van der Waals surface area (Å²) < 4.78 is 5.19. The van der Waals surface area contributed by atoms with E-state index in [1.165, 1.54) is 18.4 Å². The second-order valence-electron chi connectivity index (χ2n) is 4.55. The lowest BCUT2D eigenvalue weighted by Gasteiger charge is -2.08. The van der Waals surface area contributed by atoms with Crippen LogP contribution >= 0.6 is 22.9 Å². The number of carbonyl (C=O) groups excluding carboxylic acids is 1. The molecule has 1 aromatic carbocycles. The number of rotatable bonds is 4. The van der Waals surface area contributed by atoms with Crippen molar-refractivity contribution in [2.45, 2.75) is 0 Å². The molecule has 5 nitrogen and oxygen atoms in total. The van der Waals surface area contributed by atoms with Gasteiger partial charge in [0.15, 0.2) is 5.13 Å². The van der Waals surface area contributed by atoms with E-state index in [0.717, 1.165) is 5.69 Å². The molecule has 116 valence electrons. The second kappa shape index (κ2) is 6.76. The number of anilines is 1. The van der Waals surface area contributed by atoms with E-state index >= 15 is 0 Å². The summed E-state index contributed by atoms with van der Waals surface area (Å²) in [5.41, 5.74) is 1.82. The van der Waals surface area contributed by atoms with E-state index in [1.807, 2.05) is 23.6 Å². The summed E-state index contributed by atoms with van der Waals surface area (Å²) in [5.74, 6) is 0.125. The van der Waals surface area contributed by atoms with Crippen LogP contribution in [0.2, 0.25) is 5.02 Å². The summed E-state index contributed by atoms with van der Waals surface area (Å²) >= 11 is 7.28. The van der Waals surface area contributed by atoms with Crippen LogP contribution in [0.3, 0.4) is 0 Å². The molecule has 3 aromatic rings. The van der Waals surface area contributed by atoms with E-state index in [4.69, 9.17) is 16.3 Å². The second-order valence-corrected chi connectivity index (χ2v) is 5.85. The zero-order valence-corrected chi connectivity index (χ0v) is 13.7. The number of thiazole rings is 1. The third-order valence-electron chi connectivity index (χ3n) is 3.06. The van der Waals surface area contributed by atoms with Gasteiger partial charge in [0.2, 0.25) is 0 Å². The highest BCUT2D eigenvalue weighted by Crippen LogP contribution is 2.26. The SMILES string of the molecule is COc1ccc(Cl)cc1C(=O)Nc1nc(-c2ccccn2)cs1. The van der Waals surface area contributed by atoms with Crippen LogP contribution in [0.15, 0.2) is 48.0 Å². The van der Waals surface area contributed by atoms with Crippen LogP contribution in [0, 0.1) is 0 Å². The van der Waals surface area contributed by atoms with Crippen LogP contribution in [0.25, 0.3) is 11.4 Å². The number of ether oxygens (including phenoxy) is 1. The Morgan fingerprint density at radius 3 is 2.87 bits per heavy atom. The predicted molar refractivity (Wildman–Crippen MR) is 91.3 cm³/mol. The van der Waals surface area contributed by atoms with E-state index in [2.05, 4.69) is 15.3 Å². The van der Waals surface area contributed by atoms with Crippen LogP contribution in [0.4, 0.5) is 5.13 Å². The zero-order valence-electron chi connectivity index (χ0n) is 12.1. The Morgan fingerprint density at radius 2 is 2.13 bits per heavy atom. The maximum Gasteiger partial charge on any atom is 0.261 e. The molecule has 3 rings (SSSR count). The smallest absolute Gasteiger partial charge is 0.261 e. The number of aromatic nitrogens is 2. The van der Waals surface area contributed by atoms with Crippen LogP contribution in [0.5, 0.6) is 5.75 Å².